The normalized spacial score (nSPS) is 14.5. The Morgan fingerprint density at radius 1 is 0.958 bits per heavy atom. The molecule has 0 fully saturated rings. The SMILES string of the molecule is [CH2-]CC1=Cc2ccccc2C1[Si](C)(C)C.[Cl-].[Cl-].[Cr+3].c1ccncc1. The van der Waals surface area contributed by atoms with Crippen molar-refractivity contribution in [1.82, 2.24) is 4.98 Å². The Morgan fingerprint density at radius 3 is 1.96 bits per heavy atom. The Balaban J connectivity index is 0. The van der Waals surface area contributed by atoms with Crippen molar-refractivity contribution in [3.8, 4) is 0 Å². The molecule has 1 unspecified atom stereocenters. The van der Waals surface area contributed by atoms with Crippen LogP contribution in [0.15, 0.2) is 60.4 Å². The van der Waals surface area contributed by atoms with Crippen LogP contribution >= 0.6 is 0 Å². The molecular weight excluding hydrogens is 393 g/mol. The Morgan fingerprint density at radius 2 is 1.54 bits per heavy atom. The fraction of sp³-hybridized carbons (Fsp3) is 0.263. The van der Waals surface area contributed by atoms with Gasteiger partial charge in [-0.15, -0.1) is 0 Å². The minimum Gasteiger partial charge on any atom is -1.00 e. The van der Waals surface area contributed by atoms with Gasteiger partial charge in [-0.1, -0.05) is 61.6 Å². The van der Waals surface area contributed by atoms with Crippen LogP contribution in [0.1, 0.15) is 23.1 Å². The van der Waals surface area contributed by atoms with E-state index in [2.05, 4.69) is 61.9 Å². The van der Waals surface area contributed by atoms with E-state index < -0.39 is 8.07 Å². The molecule has 1 radical (unpaired) electrons. The average molecular weight is 417 g/mol. The van der Waals surface area contributed by atoms with Crippen molar-refractivity contribution >= 4 is 14.1 Å². The van der Waals surface area contributed by atoms with Gasteiger partial charge in [0.1, 0.15) is 0 Å². The molecule has 2 aromatic rings. The summed E-state index contributed by atoms with van der Waals surface area (Å²) in [4.78, 5) is 3.78. The van der Waals surface area contributed by atoms with Crippen LogP contribution in [0.4, 0.5) is 0 Å². The first-order chi connectivity index (χ1) is 10.0. The van der Waals surface area contributed by atoms with Gasteiger partial charge < -0.3 is 31.7 Å². The van der Waals surface area contributed by atoms with Gasteiger partial charge in [0.15, 0.2) is 0 Å². The average Bonchev–Trinajstić information content (AvgIpc) is 2.88. The zero-order valence-corrected chi connectivity index (χ0v) is 18.2. The predicted molar refractivity (Wildman–Crippen MR) is 94.7 cm³/mol. The van der Waals surface area contributed by atoms with E-state index >= 15 is 0 Å². The standard InChI is InChI=1S/C14H19Si.C5H5N.2ClH.Cr/c1-5-11-10-12-8-6-7-9-13(12)14(11)15(2,3)4;1-2-4-6-5-3-1;;;/h6-10,14H,1,5H2,2-4H3;1-5H;2*1H;/q-1;;;;+3/p-2. The molecule has 1 aliphatic carbocycles. The van der Waals surface area contributed by atoms with Crippen LogP contribution in [0.2, 0.25) is 19.6 Å². The van der Waals surface area contributed by atoms with E-state index in [1.165, 1.54) is 16.7 Å². The summed E-state index contributed by atoms with van der Waals surface area (Å²) in [5.41, 5.74) is 5.18. The largest absolute Gasteiger partial charge is 3.00 e. The third-order valence-corrected chi connectivity index (χ3v) is 6.15. The summed E-state index contributed by atoms with van der Waals surface area (Å²) >= 11 is 0. The minimum absolute atomic E-state index is 0. The van der Waals surface area contributed by atoms with Gasteiger partial charge in [-0.25, -0.2) is 0 Å². The van der Waals surface area contributed by atoms with Crippen LogP contribution in [-0.2, 0) is 17.4 Å². The molecule has 0 N–H and O–H groups in total. The maximum atomic E-state index is 4.07. The molecule has 24 heavy (non-hydrogen) atoms. The second-order valence-electron chi connectivity index (χ2n) is 6.42. The number of nitrogens with zero attached hydrogens (tertiary/aromatic N) is 1. The van der Waals surface area contributed by atoms with E-state index in [4.69, 9.17) is 0 Å². The predicted octanol–water partition coefficient (Wildman–Crippen LogP) is -0.644. The number of halogens is 2. The van der Waals surface area contributed by atoms with Crippen molar-refractivity contribution in [2.45, 2.75) is 31.6 Å². The number of pyridine rings is 1. The molecule has 0 aliphatic heterocycles. The summed E-state index contributed by atoms with van der Waals surface area (Å²) in [6.07, 6.45) is 6.80. The summed E-state index contributed by atoms with van der Waals surface area (Å²) in [6, 6.07) is 14.5. The number of aromatic nitrogens is 1. The van der Waals surface area contributed by atoms with E-state index in [1.54, 1.807) is 12.4 Å². The molecule has 3 rings (SSSR count). The maximum Gasteiger partial charge on any atom is 3.00 e. The van der Waals surface area contributed by atoms with Crippen LogP contribution in [0.5, 0.6) is 0 Å². The van der Waals surface area contributed by atoms with Crippen molar-refractivity contribution in [3.63, 3.8) is 0 Å². The van der Waals surface area contributed by atoms with Crippen LogP contribution in [-0.4, -0.2) is 13.1 Å². The summed E-state index contributed by atoms with van der Waals surface area (Å²) in [5, 5.41) is 0. The molecule has 0 bridgehead atoms. The van der Waals surface area contributed by atoms with Crippen molar-refractivity contribution in [1.29, 1.82) is 0 Å². The Kier molecular flexibility index (Phi) is 12.7. The third kappa shape index (κ3) is 6.75. The smallest absolute Gasteiger partial charge is 1.00 e. The molecule has 5 heteroatoms. The molecule has 0 spiro atoms. The molecule has 1 aliphatic rings. The van der Waals surface area contributed by atoms with Gasteiger partial charge in [0.25, 0.3) is 0 Å². The Hall–Kier alpha value is -0.561. The monoisotopic (exact) mass is 416 g/mol. The van der Waals surface area contributed by atoms with Crippen LogP contribution < -0.4 is 24.8 Å². The van der Waals surface area contributed by atoms with E-state index in [1.807, 2.05) is 18.2 Å². The van der Waals surface area contributed by atoms with Crippen molar-refractivity contribution in [2.75, 3.05) is 0 Å². The fourth-order valence-electron chi connectivity index (χ4n) is 2.94. The molecular formula is C19H24Cl2CrNSi. The molecule has 129 valence electrons. The van der Waals surface area contributed by atoms with Crippen LogP contribution in [0, 0.1) is 6.92 Å². The second kappa shape index (κ2) is 11.9. The summed E-state index contributed by atoms with van der Waals surface area (Å²) in [5.74, 6) is 0. The third-order valence-electron chi connectivity index (χ3n) is 3.74. The molecule has 1 atom stereocenters. The number of fused-ring (bicyclic) bond motifs is 1. The van der Waals surface area contributed by atoms with E-state index in [9.17, 15) is 0 Å². The Labute approximate surface area is 170 Å². The summed E-state index contributed by atoms with van der Waals surface area (Å²) in [7, 11) is -1.17. The van der Waals surface area contributed by atoms with E-state index in [-0.39, 0.29) is 42.2 Å². The molecule has 0 saturated carbocycles. The maximum absolute atomic E-state index is 4.07. The zero-order valence-electron chi connectivity index (χ0n) is 14.4. The first-order valence-corrected chi connectivity index (χ1v) is 11.1. The van der Waals surface area contributed by atoms with Gasteiger partial charge in [-0.05, 0) is 28.8 Å². The fourth-order valence-corrected chi connectivity index (χ4v) is 5.48. The molecule has 1 heterocycles. The quantitative estimate of drug-likeness (QED) is 0.468. The zero-order chi connectivity index (χ0) is 15.3. The number of benzene rings is 1. The van der Waals surface area contributed by atoms with Gasteiger partial charge in [-0.3, -0.25) is 4.98 Å². The van der Waals surface area contributed by atoms with Gasteiger partial charge >= 0.3 is 17.4 Å². The van der Waals surface area contributed by atoms with Gasteiger partial charge in [0, 0.05) is 12.4 Å². The first-order valence-electron chi connectivity index (χ1n) is 7.47. The Bertz CT molecular complexity index is 586. The molecule has 1 nitrogen and oxygen atoms in total. The van der Waals surface area contributed by atoms with Crippen molar-refractivity contribution < 1.29 is 42.2 Å². The van der Waals surface area contributed by atoms with Gasteiger partial charge in [-0.2, -0.15) is 6.42 Å². The van der Waals surface area contributed by atoms with Crippen molar-refractivity contribution in [2.24, 2.45) is 0 Å². The summed E-state index contributed by atoms with van der Waals surface area (Å²) in [6.45, 7) is 11.4. The first kappa shape index (κ1) is 25.7. The number of hydrogen-bond donors (Lipinski definition) is 0. The van der Waals surface area contributed by atoms with E-state index in [0.717, 1.165) is 6.42 Å². The number of allylic oxidation sites excluding steroid dienone is 1. The molecule has 1 aromatic heterocycles. The van der Waals surface area contributed by atoms with Gasteiger partial charge in [0.05, 0.1) is 8.07 Å². The molecule has 0 saturated heterocycles. The van der Waals surface area contributed by atoms with Crippen LogP contribution in [0.25, 0.3) is 6.08 Å². The number of hydrogen-bond acceptors (Lipinski definition) is 1. The van der Waals surface area contributed by atoms with Gasteiger partial charge in [0.2, 0.25) is 0 Å². The molecule has 1 aromatic carbocycles. The summed E-state index contributed by atoms with van der Waals surface area (Å²) < 4.78 is 0. The number of rotatable bonds is 2. The minimum atomic E-state index is -1.17. The topological polar surface area (TPSA) is 12.9 Å². The second-order valence-corrected chi connectivity index (χ2v) is 11.7. The molecule has 0 amide bonds. The van der Waals surface area contributed by atoms with Crippen LogP contribution in [0.3, 0.4) is 0 Å². The van der Waals surface area contributed by atoms with Crippen molar-refractivity contribution in [3.05, 3.63) is 78.5 Å². The van der Waals surface area contributed by atoms with E-state index in [0.29, 0.717) is 5.54 Å².